The number of hydrogen-bond donors (Lipinski definition) is 0. The van der Waals surface area contributed by atoms with Gasteiger partial charge in [0.05, 0.1) is 0 Å². The summed E-state index contributed by atoms with van der Waals surface area (Å²) in [7, 11) is 2.25. The summed E-state index contributed by atoms with van der Waals surface area (Å²) in [6, 6.07) is 0. The molecule has 0 amide bonds. The highest BCUT2D eigenvalue weighted by Gasteiger charge is 2.34. The van der Waals surface area contributed by atoms with Crippen molar-refractivity contribution in [2.24, 2.45) is 5.41 Å². The second-order valence-corrected chi connectivity index (χ2v) is 6.33. The minimum absolute atomic E-state index is 0.600. The van der Waals surface area contributed by atoms with Gasteiger partial charge in [0.25, 0.3) is 0 Å². The van der Waals surface area contributed by atoms with Gasteiger partial charge in [0.2, 0.25) is 0 Å². The van der Waals surface area contributed by atoms with Crippen molar-refractivity contribution in [1.29, 1.82) is 0 Å². The maximum Gasteiger partial charge on any atom is 0.0109 e. The summed E-state index contributed by atoms with van der Waals surface area (Å²) < 4.78 is 0. The van der Waals surface area contributed by atoms with E-state index in [2.05, 4.69) is 32.8 Å². The summed E-state index contributed by atoms with van der Waals surface area (Å²) in [5, 5.41) is 1.20. The van der Waals surface area contributed by atoms with Gasteiger partial charge < -0.3 is 9.80 Å². The van der Waals surface area contributed by atoms with Crippen LogP contribution in [0.4, 0.5) is 0 Å². The van der Waals surface area contributed by atoms with Crippen molar-refractivity contribution in [1.82, 2.24) is 9.80 Å². The van der Waals surface area contributed by atoms with E-state index in [0.717, 1.165) is 0 Å². The van der Waals surface area contributed by atoms with Gasteiger partial charge in [-0.1, -0.05) is 28.8 Å². The van der Waals surface area contributed by atoms with Crippen LogP contribution in [0.5, 0.6) is 0 Å². The molecular formula is C13H25BrN2. The minimum Gasteiger partial charge on any atom is -0.305 e. The first kappa shape index (κ1) is 12.8. The van der Waals surface area contributed by atoms with Crippen molar-refractivity contribution in [2.45, 2.75) is 32.1 Å². The molecule has 94 valence electrons. The third kappa shape index (κ3) is 3.21. The predicted octanol–water partition coefficient (Wildman–Crippen LogP) is 2.58. The lowest BCUT2D eigenvalue weighted by atomic mass is 9.88. The molecule has 1 heterocycles. The van der Waals surface area contributed by atoms with E-state index in [9.17, 15) is 0 Å². The van der Waals surface area contributed by atoms with Gasteiger partial charge in [0.15, 0.2) is 0 Å². The van der Waals surface area contributed by atoms with Crippen LogP contribution in [0.1, 0.15) is 32.1 Å². The average molecular weight is 289 g/mol. The van der Waals surface area contributed by atoms with Crippen LogP contribution in [-0.4, -0.2) is 54.9 Å². The number of hydrogen-bond acceptors (Lipinski definition) is 2. The zero-order valence-electron chi connectivity index (χ0n) is 10.6. The minimum atomic E-state index is 0.600. The fraction of sp³-hybridized carbons (Fsp3) is 1.00. The largest absolute Gasteiger partial charge is 0.305 e. The standard InChI is InChI=1S/C13H25BrN2/c1-15-7-4-8-16(10-9-15)12-13(11-14)5-2-3-6-13/h2-12H2,1H3. The molecule has 3 heteroatoms. The van der Waals surface area contributed by atoms with E-state index in [1.54, 1.807) is 0 Å². The lowest BCUT2D eigenvalue weighted by Gasteiger charge is -2.33. The summed E-state index contributed by atoms with van der Waals surface area (Å²) in [4.78, 5) is 5.17. The smallest absolute Gasteiger partial charge is 0.0109 e. The Morgan fingerprint density at radius 2 is 1.75 bits per heavy atom. The molecule has 16 heavy (non-hydrogen) atoms. The number of alkyl halides is 1. The van der Waals surface area contributed by atoms with E-state index in [1.165, 1.54) is 70.2 Å². The Kier molecular flexibility index (Phi) is 4.68. The molecule has 0 spiro atoms. The van der Waals surface area contributed by atoms with Crippen LogP contribution >= 0.6 is 15.9 Å². The molecule has 2 rings (SSSR count). The summed E-state index contributed by atoms with van der Waals surface area (Å²) in [5.41, 5.74) is 0.600. The van der Waals surface area contributed by atoms with Crippen LogP contribution in [0, 0.1) is 5.41 Å². The van der Waals surface area contributed by atoms with Crippen LogP contribution in [0.3, 0.4) is 0 Å². The Morgan fingerprint density at radius 1 is 1.00 bits per heavy atom. The van der Waals surface area contributed by atoms with Crippen LogP contribution in [0.25, 0.3) is 0 Å². The predicted molar refractivity (Wildman–Crippen MR) is 73.2 cm³/mol. The third-order valence-electron chi connectivity index (χ3n) is 4.32. The van der Waals surface area contributed by atoms with Gasteiger partial charge in [-0.05, 0) is 44.8 Å². The number of rotatable bonds is 3. The Labute approximate surface area is 108 Å². The van der Waals surface area contributed by atoms with Crippen LogP contribution in [0.2, 0.25) is 0 Å². The van der Waals surface area contributed by atoms with Crippen molar-refractivity contribution in [3.63, 3.8) is 0 Å². The molecule has 2 aliphatic rings. The molecule has 0 bridgehead atoms. The molecule has 2 nitrogen and oxygen atoms in total. The topological polar surface area (TPSA) is 6.48 Å². The second kappa shape index (κ2) is 5.83. The average Bonchev–Trinajstić information content (AvgIpc) is 2.66. The first-order chi connectivity index (χ1) is 7.74. The van der Waals surface area contributed by atoms with Crippen LogP contribution in [-0.2, 0) is 0 Å². The summed E-state index contributed by atoms with van der Waals surface area (Å²) in [6.07, 6.45) is 7.10. The Morgan fingerprint density at radius 3 is 2.44 bits per heavy atom. The van der Waals surface area contributed by atoms with Gasteiger partial charge in [0, 0.05) is 25.0 Å². The molecule has 0 unspecified atom stereocenters. The molecular weight excluding hydrogens is 264 g/mol. The second-order valence-electron chi connectivity index (χ2n) is 5.77. The van der Waals surface area contributed by atoms with Gasteiger partial charge in [-0.3, -0.25) is 0 Å². The Balaban J connectivity index is 1.87. The molecule has 0 aromatic carbocycles. The van der Waals surface area contributed by atoms with E-state index >= 15 is 0 Å². The highest BCUT2D eigenvalue weighted by atomic mass is 79.9. The quantitative estimate of drug-likeness (QED) is 0.737. The van der Waals surface area contributed by atoms with E-state index in [1.807, 2.05) is 0 Å². The summed E-state index contributed by atoms with van der Waals surface area (Å²) >= 11 is 3.75. The van der Waals surface area contributed by atoms with Crippen molar-refractivity contribution in [3.05, 3.63) is 0 Å². The third-order valence-corrected chi connectivity index (χ3v) is 5.51. The molecule has 1 aliphatic heterocycles. The molecule has 0 radical (unpaired) electrons. The number of halogens is 1. The zero-order valence-corrected chi connectivity index (χ0v) is 12.1. The fourth-order valence-electron chi connectivity index (χ4n) is 3.19. The Bertz CT molecular complexity index is 214. The fourth-order valence-corrected chi connectivity index (χ4v) is 3.93. The van der Waals surface area contributed by atoms with Crippen LogP contribution in [0.15, 0.2) is 0 Å². The van der Waals surface area contributed by atoms with Crippen molar-refractivity contribution in [3.8, 4) is 0 Å². The highest BCUT2D eigenvalue weighted by Crippen LogP contribution is 2.40. The summed E-state index contributed by atoms with van der Waals surface area (Å²) in [5.74, 6) is 0. The van der Waals surface area contributed by atoms with Crippen molar-refractivity contribution >= 4 is 15.9 Å². The monoisotopic (exact) mass is 288 g/mol. The number of nitrogens with zero attached hydrogens (tertiary/aromatic N) is 2. The van der Waals surface area contributed by atoms with Gasteiger partial charge in [-0.25, -0.2) is 0 Å². The van der Waals surface area contributed by atoms with E-state index in [-0.39, 0.29) is 0 Å². The SMILES string of the molecule is CN1CCCN(CC2(CBr)CCCC2)CC1. The molecule has 0 aromatic rings. The van der Waals surface area contributed by atoms with Gasteiger partial charge in [-0.15, -0.1) is 0 Å². The van der Waals surface area contributed by atoms with Gasteiger partial charge >= 0.3 is 0 Å². The lowest BCUT2D eigenvalue weighted by Crippen LogP contribution is -2.39. The molecule has 1 saturated heterocycles. The molecule has 0 aromatic heterocycles. The lowest BCUT2D eigenvalue weighted by molar-refractivity contribution is 0.176. The first-order valence-corrected chi connectivity index (χ1v) is 7.83. The maximum absolute atomic E-state index is 3.75. The highest BCUT2D eigenvalue weighted by molar-refractivity contribution is 9.09. The van der Waals surface area contributed by atoms with E-state index < -0.39 is 0 Å². The molecule has 0 N–H and O–H groups in total. The van der Waals surface area contributed by atoms with Gasteiger partial charge in [0.1, 0.15) is 0 Å². The molecule has 2 fully saturated rings. The number of likely N-dealkylation sites (N-methyl/N-ethyl adjacent to an activating group) is 1. The van der Waals surface area contributed by atoms with E-state index in [0.29, 0.717) is 5.41 Å². The molecule has 1 saturated carbocycles. The molecule has 0 atom stereocenters. The van der Waals surface area contributed by atoms with Crippen molar-refractivity contribution < 1.29 is 0 Å². The van der Waals surface area contributed by atoms with Crippen molar-refractivity contribution in [2.75, 3.05) is 45.1 Å². The Hall–Kier alpha value is 0.400. The van der Waals surface area contributed by atoms with E-state index in [4.69, 9.17) is 0 Å². The first-order valence-electron chi connectivity index (χ1n) is 6.71. The molecule has 1 aliphatic carbocycles. The van der Waals surface area contributed by atoms with Crippen LogP contribution < -0.4 is 0 Å². The zero-order chi connectivity index (χ0) is 11.4. The maximum atomic E-state index is 3.75. The van der Waals surface area contributed by atoms with Gasteiger partial charge in [-0.2, -0.15) is 0 Å². The normalized spacial score (nSPS) is 28.1. The summed E-state index contributed by atoms with van der Waals surface area (Å²) in [6.45, 7) is 6.42.